The molecule has 2 nitrogen and oxygen atoms in total. The molecule has 0 radical (unpaired) electrons. The molecular weight excluding hydrogens is 218 g/mol. The lowest BCUT2D eigenvalue weighted by Crippen LogP contribution is -2.48. The topological polar surface area (TPSA) is 18.5 Å². The molecule has 0 bridgehead atoms. The Morgan fingerprint density at radius 3 is 1.64 bits per heavy atom. The molecule has 0 aromatic heterocycles. The summed E-state index contributed by atoms with van der Waals surface area (Å²) in [5.41, 5.74) is 0. The van der Waals surface area contributed by atoms with Gasteiger partial charge < -0.3 is 4.74 Å². The highest BCUT2D eigenvalue weighted by Gasteiger charge is 2.63. The van der Waals surface area contributed by atoms with Gasteiger partial charge in [-0.15, -0.1) is 0 Å². The van der Waals surface area contributed by atoms with Gasteiger partial charge in [-0.2, -0.15) is 26.3 Å². The second kappa shape index (κ2) is 3.93. The Morgan fingerprint density at radius 2 is 1.36 bits per heavy atom. The Bertz CT molecular complexity index is 193. The summed E-state index contributed by atoms with van der Waals surface area (Å²) in [6.45, 7) is 0.807. The fourth-order valence-corrected chi connectivity index (χ4v) is 0.438. The Morgan fingerprint density at radius 1 is 0.929 bits per heavy atom. The zero-order valence-electron chi connectivity index (χ0n) is 7.29. The van der Waals surface area contributed by atoms with Crippen molar-refractivity contribution < 1.29 is 35.8 Å². The van der Waals surface area contributed by atoms with Gasteiger partial charge in [0.15, 0.2) is 0 Å². The van der Waals surface area contributed by atoms with Crippen LogP contribution in [0.3, 0.4) is 0 Å². The van der Waals surface area contributed by atoms with Crippen LogP contribution in [0.2, 0.25) is 0 Å². The SMILES string of the molecule is CCC(F)(F)OC(F)(F)C(F)(F)OC. The Hall–Kier alpha value is -0.500. The fraction of sp³-hybridized carbons (Fsp3) is 1.00. The van der Waals surface area contributed by atoms with Gasteiger partial charge in [-0.3, -0.25) is 0 Å². The molecule has 0 rings (SSSR count). The highest BCUT2D eigenvalue weighted by Crippen LogP contribution is 2.40. The van der Waals surface area contributed by atoms with Crippen molar-refractivity contribution >= 4 is 0 Å². The molecule has 0 aliphatic carbocycles. The minimum atomic E-state index is -5.37. The van der Waals surface area contributed by atoms with Gasteiger partial charge in [0, 0.05) is 13.5 Å². The standard InChI is InChI=1S/C6H8F6O2/c1-3-4(7,8)14-6(11,12)5(9,10)13-2/h3H2,1-2H3. The summed E-state index contributed by atoms with van der Waals surface area (Å²) < 4.78 is 79.1. The molecule has 0 aromatic rings. The van der Waals surface area contributed by atoms with Crippen molar-refractivity contribution in [2.24, 2.45) is 0 Å². The van der Waals surface area contributed by atoms with E-state index in [1.54, 1.807) is 0 Å². The smallest absolute Gasteiger partial charge is 0.317 e. The normalized spacial score (nSPS) is 14.6. The van der Waals surface area contributed by atoms with E-state index >= 15 is 0 Å². The number of hydrogen-bond donors (Lipinski definition) is 0. The maximum absolute atomic E-state index is 12.3. The maximum atomic E-state index is 12.3. The van der Waals surface area contributed by atoms with Crippen LogP contribution >= 0.6 is 0 Å². The Labute approximate surface area is 75.8 Å². The summed E-state index contributed by atoms with van der Waals surface area (Å²) in [6, 6.07) is 0. The van der Waals surface area contributed by atoms with Crippen molar-refractivity contribution in [1.82, 2.24) is 0 Å². The first kappa shape index (κ1) is 13.5. The van der Waals surface area contributed by atoms with Crippen LogP contribution in [0.25, 0.3) is 0 Å². The second-order valence-electron chi connectivity index (χ2n) is 2.33. The molecule has 14 heavy (non-hydrogen) atoms. The first-order chi connectivity index (χ1) is 6.08. The molecule has 0 spiro atoms. The monoisotopic (exact) mass is 226 g/mol. The minimum absolute atomic E-state index is 0.251. The van der Waals surface area contributed by atoms with Crippen molar-refractivity contribution in [3.63, 3.8) is 0 Å². The molecule has 0 aliphatic rings. The molecule has 0 unspecified atom stereocenters. The van der Waals surface area contributed by atoms with Crippen LogP contribution in [-0.2, 0) is 9.47 Å². The van der Waals surface area contributed by atoms with E-state index in [1.165, 1.54) is 0 Å². The average molecular weight is 226 g/mol. The number of hydrogen-bond acceptors (Lipinski definition) is 2. The molecule has 86 valence electrons. The molecule has 0 heterocycles. The molecule has 0 amide bonds. The fourth-order valence-electron chi connectivity index (χ4n) is 0.438. The summed E-state index contributed by atoms with van der Waals surface area (Å²) in [6.07, 6.45) is -15.9. The Balaban J connectivity index is 4.64. The lowest BCUT2D eigenvalue weighted by atomic mass is 10.4. The lowest BCUT2D eigenvalue weighted by molar-refractivity contribution is -0.477. The third-order valence-electron chi connectivity index (χ3n) is 1.28. The van der Waals surface area contributed by atoms with E-state index in [9.17, 15) is 26.3 Å². The summed E-state index contributed by atoms with van der Waals surface area (Å²) in [5.74, 6) is 0. The van der Waals surface area contributed by atoms with Crippen LogP contribution in [0, 0.1) is 0 Å². The molecule has 0 saturated carbocycles. The number of rotatable bonds is 5. The molecule has 8 heteroatoms. The van der Waals surface area contributed by atoms with E-state index in [-0.39, 0.29) is 7.11 Å². The predicted octanol–water partition coefficient (Wildman–Crippen LogP) is 2.84. The summed E-state index contributed by atoms with van der Waals surface area (Å²) in [7, 11) is 0.251. The van der Waals surface area contributed by atoms with Gasteiger partial charge in [0.05, 0.1) is 0 Å². The number of halogens is 6. The van der Waals surface area contributed by atoms with Crippen molar-refractivity contribution in [3.05, 3.63) is 0 Å². The predicted molar refractivity (Wildman–Crippen MR) is 33.2 cm³/mol. The summed E-state index contributed by atoms with van der Waals surface area (Å²) in [5, 5.41) is 0. The van der Waals surface area contributed by atoms with Gasteiger partial charge in [-0.1, -0.05) is 6.92 Å². The highest BCUT2D eigenvalue weighted by molar-refractivity contribution is 4.68. The van der Waals surface area contributed by atoms with Crippen LogP contribution in [-0.4, -0.2) is 25.4 Å². The van der Waals surface area contributed by atoms with Gasteiger partial charge in [0.25, 0.3) is 0 Å². The zero-order chi connectivity index (χ0) is 11.6. The molecule has 0 fully saturated rings. The van der Waals surface area contributed by atoms with E-state index in [1.807, 2.05) is 0 Å². The van der Waals surface area contributed by atoms with Gasteiger partial charge in [-0.05, 0) is 0 Å². The molecule has 0 aromatic carbocycles. The first-order valence-electron chi connectivity index (χ1n) is 3.47. The molecule has 0 aliphatic heterocycles. The zero-order valence-corrected chi connectivity index (χ0v) is 7.29. The van der Waals surface area contributed by atoms with E-state index < -0.39 is 24.7 Å². The van der Waals surface area contributed by atoms with E-state index in [0.717, 1.165) is 6.92 Å². The molecule has 0 N–H and O–H groups in total. The quantitative estimate of drug-likeness (QED) is 0.671. The maximum Gasteiger partial charge on any atom is 0.452 e. The molecular formula is C6H8F6O2. The third kappa shape index (κ3) is 3.02. The largest absolute Gasteiger partial charge is 0.452 e. The second-order valence-corrected chi connectivity index (χ2v) is 2.33. The van der Waals surface area contributed by atoms with Crippen molar-refractivity contribution in [3.8, 4) is 0 Å². The average Bonchev–Trinajstić information content (AvgIpc) is 2.02. The van der Waals surface area contributed by atoms with Crippen molar-refractivity contribution in [2.45, 2.75) is 31.7 Å². The van der Waals surface area contributed by atoms with Crippen molar-refractivity contribution in [2.75, 3.05) is 7.11 Å². The van der Waals surface area contributed by atoms with Crippen LogP contribution in [0.5, 0.6) is 0 Å². The van der Waals surface area contributed by atoms with Gasteiger partial charge in [0.2, 0.25) is 0 Å². The van der Waals surface area contributed by atoms with Gasteiger partial charge in [0.1, 0.15) is 0 Å². The lowest BCUT2D eigenvalue weighted by Gasteiger charge is -2.27. The number of methoxy groups -OCH3 is 1. The number of alkyl halides is 6. The van der Waals surface area contributed by atoms with E-state index in [0.29, 0.717) is 0 Å². The Kier molecular flexibility index (Phi) is 3.79. The van der Waals surface area contributed by atoms with E-state index in [2.05, 4.69) is 9.47 Å². The third-order valence-corrected chi connectivity index (χ3v) is 1.28. The van der Waals surface area contributed by atoms with Crippen LogP contribution in [0.4, 0.5) is 26.3 Å². The van der Waals surface area contributed by atoms with E-state index in [4.69, 9.17) is 0 Å². The molecule has 0 saturated heterocycles. The van der Waals surface area contributed by atoms with Crippen LogP contribution in [0.1, 0.15) is 13.3 Å². The molecule has 0 atom stereocenters. The van der Waals surface area contributed by atoms with Crippen LogP contribution < -0.4 is 0 Å². The first-order valence-corrected chi connectivity index (χ1v) is 3.47. The van der Waals surface area contributed by atoms with Gasteiger partial charge >= 0.3 is 18.3 Å². The summed E-state index contributed by atoms with van der Waals surface area (Å²) >= 11 is 0. The summed E-state index contributed by atoms with van der Waals surface area (Å²) in [4.78, 5) is 0. The minimum Gasteiger partial charge on any atom is -0.317 e. The van der Waals surface area contributed by atoms with Crippen LogP contribution in [0.15, 0.2) is 0 Å². The highest BCUT2D eigenvalue weighted by atomic mass is 19.3. The number of ether oxygens (including phenoxy) is 2. The van der Waals surface area contributed by atoms with Gasteiger partial charge in [-0.25, -0.2) is 4.74 Å². The van der Waals surface area contributed by atoms with Crippen molar-refractivity contribution in [1.29, 1.82) is 0 Å².